The van der Waals surface area contributed by atoms with Crippen molar-refractivity contribution in [1.82, 2.24) is 4.90 Å². The molecule has 0 spiro atoms. The van der Waals surface area contributed by atoms with Crippen LogP contribution in [0.15, 0.2) is 12.1 Å². The maximum atomic E-state index is 12.6. The smallest absolute Gasteiger partial charge is 0.271 e. The molecule has 0 radical (unpaired) electrons. The molecule has 6 nitrogen and oxygen atoms in total. The lowest BCUT2D eigenvalue weighted by molar-refractivity contribution is -0.384. The second-order valence-electron chi connectivity index (χ2n) is 4.93. The zero-order valence-corrected chi connectivity index (χ0v) is 12.7. The number of hydrogen-bond donors (Lipinski definition) is 1. The Kier molecular flexibility index (Phi) is 5.03. The van der Waals surface area contributed by atoms with Gasteiger partial charge in [0.15, 0.2) is 0 Å². The molecule has 0 aliphatic carbocycles. The first-order chi connectivity index (χ1) is 9.95. The van der Waals surface area contributed by atoms with Crippen LogP contribution in [0.4, 0.5) is 5.69 Å². The van der Waals surface area contributed by atoms with Crippen LogP contribution in [0.25, 0.3) is 0 Å². The van der Waals surface area contributed by atoms with Crippen molar-refractivity contribution in [1.29, 1.82) is 0 Å². The lowest BCUT2D eigenvalue weighted by atomic mass is 10.0. The molecule has 0 saturated carbocycles. The summed E-state index contributed by atoms with van der Waals surface area (Å²) in [6.45, 7) is 0.920. The number of nitro groups is 1. The van der Waals surface area contributed by atoms with Gasteiger partial charge in [-0.15, -0.1) is 0 Å². The molecule has 8 heteroatoms. The summed E-state index contributed by atoms with van der Waals surface area (Å²) in [5.41, 5.74) is 5.49. The first-order valence-electron chi connectivity index (χ1n) is 6.60. The van der Waals surface area contributed by atoms with E-state index in [0.717, 1.165) is 25.3 Å². The molecule has 21 heavy (non-hydrogen) atoms. The van der Waals surface area contributed by atoms with E-state index in [0.29, 0.717) is 13.1 Å². The van der Waals surface area contributed by atoms with Gasteiger partial charge in [0.05, 0.1) is 20.5 Å². The van der Waals surface area contributed by atoms with Crippen molar-refractivity contribution in [2.45, 2.75) is 25.3 Å². The van der Waals surface area contributed by atoms with Crippen LogP contribution < -0.4 is 5.73 Å². The van der Waals surface area contributed by atoms with Gasteiger partial charge in [-0.05, 0) is 19.3 Å². The Bertz CT molecular complexity index is 580. The van der Waals surface area contributed by atoms with Crippen LogP contribution in [0.3, 0.4) is 0 Å². The number of nitrogens with zero attached hydrogens (tertiary/aromatic N) is 2. The van der Waals surface area contributed by atoms with Crippen LogP contribution in [-0.4, -0.2) is 34.9 Å². The van der Waals surface area contributed by atoms with Crippen LogP contribution in [0.5, 0.6) is 0 Å². The van der Waals surface area contributed by atoms with E-state index in [9.17, 15) is 14.9 Å². The van der Waals surface area contributed by atoms with Crippen LogP contribution >= 0.6 is 23.2 Å². The minimum atomic E-state index is -0.602. The highest BCUT2D eigenvalue weighted by Gasteiger charge is 2.29. The SMILES string of the molecule is NCC1CCCCN1C(=O)c1cc([N+](=O)[O-])cc(Cl)c1Cl. The largest absolute Gasteiger partial charge is 0.334 e. The van der Waals surface area contributed by atoms with E-state index >= 15 is 0 Å². The Morgan fingerprint density at radius 3 is 2.76 bits per heavy atom. The fraction of sp³-hybridized carbons (Fsp3) is 0.462. The fourth-order valence-corrected chi connectivity index (χ4v) is 2.91. The minimum Gasteiger partial charge on any atom is -0.334 e. The summed E-state index contributed by atoms with van der Waals surface area (Å²) in [7, 11) is 0. The van der Waals surface area contributed by atoms with Crippen molar-refractivity contribution in [3.63, 3.8) is 0 Å². The number of benzene rings is 1. The van der Waals surface area contributed by atoms with Gasteiger partial charge in [0.2, 0.25) is 0 Å². The van der Waals surface area contributed by atoms with Gasteiger partial charge in [-0.1, -0.05) is 23.2 Å². The van der Waals surface area contributed by atoms with Crippen molar-refractivity contribution in [2.24, 2.45) is 5.73 Å². The number of amides is 1. The molecule has 0 bridgehead atoms. The van der Waals surface area contributed by atoms with Crippen LogP contribution in [-0.2, 0) is 0 Å². The topological polar surface area (TPSA) is 89.5 Å². The summed E-state index contributed by atoms with van der Waals surface area (Å²) in [6.07, 6.45) is 2.71. The molecule has 1 unspecified atom stereocenters. The number of hydrogen-bond acceptors (Lipinski definition) is 4. The highest BCUT2D eigenvalue weighted by molar-refractivity contribution is 6.44. The number of non-ortho nitro benzene ring substituents is 1. The Balaban J connectivity index is 2.40. The first-order valence-corrected chi connectivity index (χ1v) is 7.35. The number of halogens is 2. The van der Waals surface area contributed by atoms with Gasteiger partial charge in [0.1, 0.15) is 0 Å². The summed E-state index contributed by atoms with van der Waals surface area (Å²) >= 11 is 11.9. The first kappa shape index (κ1) is 16.0. The molecule has 1 fully saturated rings. The Labute approximate surface area is 132 Å². The number of piperidine rings is 1. The van der Waals surface area contributed by atoms with Gasteiger partial charge >= 0.3 is 0 Å². The standard InChI is InChI=1S/C13H15Cl2N3O3/c14-11-6-9(18(20)21)5-10(12(11)15)13(19)17-4-2-1-3-8(17)7-16/h5-6,8H,1-4,7,16H2. The summed E-state index contributed by atoms with van der Waals surface area (Å²) in [5.74, 6) is -0.360. The monoisotopic (exact) mass is 331 g/mol. The summed E-state index contributed by atoms with van der Waals surface area (Å²) < 4.78 is 0. The molecule has 0 aromatic heterocycles. The van der Waals surface area contributed by atoms with Gasteiger partial charge in [-0.25, -0.2) is 0 Å². The van der Waals surface area contributed by atoms with Crippen LogP contribution in [0.2, 0.25) is 10.0 Å². The average Bonchev–Trinajstić information content (AvgIpc) is 2.48. The van der Waals surface area contributed by atoms with E-state index in [1.807, 2.05) is 0 Å². The molecule has 114 valence electrons. The molecule has 1 amide bonds. The molecule has 1 aliphatic heterocycles. The molecule has 1 saturated heterocycles. The zero-order valence-electron chi connectivity index (χ0n) is 11.2. The highest BCUT2D eigenvalue weighted by Crippen LogP contribution is 2.32. The Hall–Kier alpha value is -1.37. The third-order valence-corrected chi connectivity index (χ3v) is 4.42. The lowest BCUT2D eigenvalue weighted by Gasteiger charge is -2.35. The number of carbonyl (C=O) groups is 1. The normalized spacial score (nSPS) is 18.6. The molecule has 1 atom stereocenters. The summed E-state index contributed by atoms with van der Waals surface area (Å²) in [5, 5.41) is 10.9. The molecule has 1 aliphatic rings. The molecule has 1 heterocycles. The van der Waals surface area contributed by atoms with E-state index in [1.54, 1.807) is 4.90 Å². The Morgan fingerprint density at radius 1 is 1.43 bits per heavy atom. The number of likely N-dealkylation sites (tertiary alicyclic amines) is 1. The molecule has 2 N–H and O–H groups in total. The second-order valence-corrected chi connectivity index (χ2v) is 5.72. The van der Waals surface area contributed by atoms with Crippen molar-refractivity contribution < 1.29 is 9.72 Å². The van der Waals surface area contributed by atoms with Gasteiger partial charge in [-0.3, -0.25) is 14.9 Å². The molecule has 1 aromatic carbocycles. The van der Waals surface area contributed by atoms with E-state index in [-0.39, 0.29) is 33.2 Å². The van der Waals surface area contributed by atoms with Crippen molar-refractivity contribution in [3.05, 3.63) is 37.9 Å². The van der Waals surface area contributed by atoms with E-state index in [2.05, 4.69) is 0 Å². The number of rotatable bonds is 3. The van der Waals surface area contributed by atoms with Crippen LogP contribution in [0.1, 0.15) is 29.6 Å². The van der Waals surface area contributed by atoms with Crippen molar-refractivity contribution in [3.8, 4) is 0 Å². The van der Waals surface area contributed by atoms with Gasteiger partial charge in [0.25, 0.3) is 11.6 Å². The van der Waals surface area contributed by atoms with Gasteiger partial charge < -0.3 is 10.6 Å². The maximum absolute atomic E-state index is 12.6. The highest BCUT2D eigenvalue weighted by atomic mass is 35.5. The lowest BCUT2D eigenvalue weighted by Crippen LogP contribution is -2.47. The molecule has 1 aromatic rings. The number of carbonyl (C=O) groups excluding carboxylic acids is 1. The maximum Gasteiger partial charge on any atom is 0.271 e. The van der Waals surface area contributed by atoms with Gasteiger partial charge in [-0.2, -0.15) is 0 Å². The predicted molar refractivity (Wildman–Crippen MR) is 80.8 cm³/mol. The summed E-state index contributed by atoms with van der Waals surface area (Å²) in [6, 6.07) is 2.23. The minimum absolute atomic E-state index is 0.00414. The second kappa shape index (κ2) is 6.60. The molecule has 2 rings (SSSR count). The third-order valence-electron chi connectivity index (χ3n) is 3.61. The molecular formula is C13H15Cl2N3O3. The number of nitrogens with two attached hydrogens (primary N) is 1. The number of nitro benzene ring substituents is 1. The van der Waals surface area contributed by atoms with Gasteiger partial charge in [0, 0.05) is 31.3 Å². The Morgan fingerprint density at radius 2 is 2.14 bits per heavy atom. The van der Waals surface area contributed by atoms with Crippen LogP contribution in [0, 0.1) is 10.1 Å². The van der Waals surface area contributed by atoms with Crippen molar-refractivity contribution >= 4 is 34.8 Å². The zero-order chi connectivity index (χ0) is 15.6. The van der Waals surface area contributed by atoms with E-state index in [1.165, 1.54) is 6.07 Å². The quantitative estimate of drug-likeness (QED) is 0.681. The van der Waals surface area contributed by atoms with Crippen molar-refractivity contribution in [2.75, 3.05) is 13.1 Å². The molecular weight excluding hydrogens is 317 g/mol. The average molecular weight is 332 g/mol. The van der Waals surface area contributed by atoms with E-state index in [4.69, 9.17) is 28.9 Å². The van der Waals surface area contributed by atoms with E-state index < -0.39 is 4.92 Å². The third kappa shape index (κ3) is 3.28. The fourth-order valence-electron chi connectivity index (χ4n) is 2.50. The predicted octanol–water partition coefficient (Wildman–Crippen LogP) is 2.86. The summed E-state index contributed by atoms with van der Waals surface area (Å²) in [4.78, 5) is 24.5.